The summed E-state index contributed by atoms with van der Waals surface area (Å²) in [6, 6.07) is 14.9. The average Bonchev–Trinajstić information content (AvgIpc) is 2.88. The summed E-state index contributed by atoms with van der Waals surface area (Å²) in [5.41, 5.74) is 2.31. The van der Waals surface area contributed by atoms with Crippen molar-refractivity contribution < 1.29 is 4.79 Å². The summed E-state index contributed by atoms with van der Waals surface area (Å²) >= 11 is 1.70. The van der Waals surface area contributed by atoms with Gasteiger partial charge in [0.25, 0.3) is 0 Å². The summed E-state index contributed by atoms with van der Waals surface area (Å²) in [7, 11) is 0. The number of aromatic nitrogens is 1. The number of rotatable bonds is 4. The van der Waals surface area contributed by atoms with Crippen molar-refractivity contribution in [2.24, 2.45) is 0 Å². The van der Waals surface area contributed by atoms with Gasteiger partial charge in [0.2, 0.25) is 5.91 Å². The fourth-order valence-electron chi connectivity index (χ4n) is 3.91. The molecule has 140 valence electrons. The van der Waals surface area contributed by atoms with Gasteiger partial charge in [0.15, 0.2) is 0 Å². The first-order chi connectivity index (χ1) is 13.2. The number of aryl methyl sites for hydroxylation is 1. The van der Waals surface area contributed by atoms with E-state index in [1.165, 1.54) is 29.2 Å². The van der Waals surface area contributed by atoms with Crippen LogP contribution in [0.2, 0.25) is 0 Å². The number of fused-ring (bicyclic) bond motifs is 1. The number of carbonyl (C=O) groups is 1. The Morgan fingerprint density at radius 1 is 1.04 bits per heavy atom. The number of thiazole rings is 1. The van der Waals surface area contributed by atoms with Gasteiger partial charge in [-0.25, -0.2) is 4.98 Å². The Balaban J connectivity index is 1.50. The van der Waals surface area contributed by atoms with E-state index in [9.17, 15) is 4.79 Å². The number of likely N-dealkylation sites (tertiary alicyclic amines) is 1. The first-order valence-electron chi connectivity index (χ1n) is 9.90. The van der Waals surface area contributed by atoms with E-state index in [2.05, 4.69) is 47.4 Å². The quantitative estimate of drug-likeness (QED) is 0.630. The predicted molar refractivity (Wildman–Crippen MR) is 112 cm³/mol. The number of carbonyl (C=O) groups excluding carboxylic acids is 1. The number of benzene rings is 2. The smallest absolute Gasteiger partial charge is 0.227 e. The van der Waals surface area contributed by atoms with Crippen LogP contribution in [-0.2, 0) is 17.6 Å². The van der Waals surface area contributed by atoms with Crippen LogP contribution in [0.3, 0.4) is 0 Å². The number of amides is 1. The Hall–Kier alpha value is -2.20. The highest BCUT2D eigenvalue weighted by Gasteiger charge is 2.19. The van der Waals surface area contributed by atoms with E-state index in [4.69, 9.17) is 4.98 Å². The molecule has 1 saturated heterocycles. The van der Waals surface area contributed by atoms with Gasteiger partial charge < -0.3 is 4.90 Å². The van der Waals surface area contributed by atoms with Gasteiger partial charge in [-0.1, -0.05) is 55.3 Å². The molecule has 0 atom stereocenters. The SMILES string of the molecule is Cc1nc(Cc2cccc3ccccc23)sc1CC(=O)N1CCCCCC1. The Kier molecular flexibility index (Phi) is 5.53. The summed E-state index contributed by atoms with van der Waals surface area (Å²) in [4.78, 5) is 20.7. The van der Waals surface area contributed by atoms with Crippen LogP contribution in [0.15, 0.2) is 42.5 Å². The molecule has 2 aromatic carbocycles. The molecule has 1 aliphatic heterocycles. The average molecular weight is 379 g/mol. The van der Waals surface area contributed by atoms with E-state index in [-0.39, 0.29) is 5.91 Å². The molecular weight excluding hydrogens is 352 g/mol. The zero-order chi connectivity index (χ0) is 18.6. The van der Waals surface area contributed by atoms with Gasteiger partial charge in [-0.2, -0.15) is 0 Å². The second kappa shape index (κ2) is 8.22. The highest BCUT2D eigenvalue weighted by atomic mass is 32.1. The van der Waals surface area contributed by atoms with Gasteiger partial charge in [-0.05, 0) is 36.1 Å². The third kappa shape index (κ3) is 4.22. The minimum Gasteiger partial charge on any atom is -0.342 e. The van der Waals surface area contributed by atoms with Gasteiger partial charge in [-0.3, -0.25) is 4.79 Å². The maximum Gasteiger partial charge on any atom is 0.227 e. The maximum absolute atomic E-state index is 12.7. The predicted octanol–water partition coefficient (Wildman–Crippen LogP) is 5.14. The fourth-order valence-corrected chi connectivity index (χ4v) is 4.99. The van der Waals surface area contributed by atoms with E-state index in [0.29, 0.717) is 6.42 Å². The van der Waals surface area contributed by atoms with Crippen LogP contribution in [0, 0.1) is 6.92 Å². The molecule has 4 heteroatoms. The van der Waals surface area contributed by atoms with E-state index < -0.39 is 0 Å². The highest BCUT2D eigenvalue weighted by molar-refractivity contribution is 7.11. The molecule has 1 amide bonds. The molecule has 1 fully saturated rings. The first-order valence-corrected chi connectivity index (χ1v) is 10.7. The Labute approximate surface area is 165 Å². The summed E-state index contributed by atoms with van der Waals surface area (Å²) in [6.45, 7) is 3.87. The Morgan fingerprint density at radius 3 is 2.59 bits per heavy atom. The summed E-state index contributed by atoms with van der Waals surface area (Å²) in [5, 5.41) is 3.65. The third-order valence-electron chi connectivity index (χ3n) is 5.43. The van der Waals surface area contributed by atoms with Crippen LogP contribution in [0.4, 0.5) is 0 Å². The molecule has 0 spiro atoms. The van der Waals surface area contributed by atoms with Crippen LogP contribution >= 0.6 is 11.3 Å². The minimum absolute atomic E-state index is 0.264. The summed E-state index contributed by atoms with van der Waals surface area (Å²) in [6.07, 6.45) is 6.10. The Morgan fingerprint density at radius 2 is 1.78 bits per heavy atom. The van der Waals surface area contributed by atoms with Crippen LogP contribution in [-0.4, -0.2) is 28.9 Å². The molecule has 2 heterocycles. The van der Waals surface area contributed by atoms with Crippen LogP contribution in [0.1, 0.15) is 46.8 Å². The van der Waals surface area contributed by atoms with Crippen LogP contribution in [0.5, 0.6) is 0 Å². The molecule has 4 rings (SSSR count). The molecule has 3 nitrogen and oxygen atoms in total. The second-order valence-corrected chi connectivity index (χ2v) is 8.57. The molecule has 0 bridgehead atoms. The molecular formula is C23H26N2OS. The first kappa shape index (κ1) is 18.2. The van der Waals surface area contributed by atoms with Crippen molar-refractivity contribution in [2.75, 3.05) is 13.1 Å². The lowest BCUT2D eigenvalue weighted by Gasteiger charge is -2.19. The maximum atomic E-state index is 12.7. The lowest BCUT2D eigenvalue weighted by atomic mass is 10.0. The lowest BCUT2D eigenvalue weighted by Crippen LogP contribution is -2.33. The Bertz CT molecular complexity index is 933. The van der Waals surface area contributed by atoms with Gasteiger partial charge in [-0.15, -0.1) is 11.3 Å². The zero-order valence-corrected chi connectivity index (χ0v) is 16.7. The number of hydrogen-bond acceptors (Lipinski definition) is 3. The molecule has 3 aromatic rings. The number of hydrogen-bond donors (Lipinski definition) is 0. The third-order valence-corrected chi connectivity index (χ3v) is 6.59. The molecule has 0 radical (unpaired) electrons. The zero-order valence-electron chi connectivity index (χ0n) is 15.9. The molecule has 0 saturated carbocycles. The number of nitrogens with zero attached hydrogens (tertiary/aromatic N) is 2. The standard InChI is InChI=1S/C23H26N2OS/c1-17-21(16-23(26)25-13-6-2-3-7-14-25)27-22(24-17)15-19-11-8-10-18-9-4-5-12-20(18)19/h4-5,8-12H,2-3,6-7,13-16H2,1H3. The fraction of sp³-hybridized carbons (Fsp3) is 0.391. The molecule has 1 aromatic heterocycles. The van der Waals surface area contributed by atoms with Crippen molar-refractivity contribution in [3.05, 3.63) is 63.6 Å². The minimum atomic E-state index is 0.264. The van der Waals surface area contributed by atoms with Gasteiger partial charge >= 0.3 is 0 Å². The van der Waals surface area contributed by atoms with Crippen molar-refractivity contribution in [3.63, 3.8) is 0 Å². The van der Waals surface area contributed by atoms with Crippen molar-refractivity contribution in [1.82, 2.24) is 9.88 Å². The van der Waals surface area contributed by atoms with Gasteiger partial charge in [0.05, 0.1) is 17.1 Å². The molecule has 1 aliphatic rings. The molecule has 0 N–H and O–H groups in total. The lowest BCUT2D eigenvalue weighted by molar-refractivity contribution is -0.130. The van der Waals surface area contributed by atoms with E-state index in [1.807, 2.05) is 6.92 Å². The van der Waals surface area contributed by atoms with Gasteiger partial charge in [0, 0.05) is 24.4 Å². The van der Waals surface area contributed by atoms with Crippen molar-refractivity contribution in [2.45, 2.75) is 45.4 Å². The molecule has 27 heavy (non-hydrogen) atoms. The van der Waals surface area contributed by atoms with E-state index >= 15 is 0 Å². The normalized spacial score (nSPS) is 15.1. The summed E-state index contributed by atoms with van der Waals surface area (Å²) < 4.78 is 0. The van der Waals surface area contributed by atoms with Crippen LogP contribution < -0.4 is 0 Å². The van der Waals surface area contributed by atoms with E-state index in [0.717, 1.165) is 47.9 Å². The second-order valence-electron chi connectivity index (χ2n) is 7.40. The largest absolute Gasteiger partial charge is 0.342 e. The van der Waals surface area contributed by atoms with E-state index in [1.54, 1.807) is 11.3 Å². The van der Waals surface area contributed by atoms with Crippen LogP contribution in [0.25, 0.3) is 10.8 Å². The molecule has 0 unspecified atom stereocenters. The monoisotopic (exact) mass is 378 g/mol. The molecule has 0 aliphatic carbocycles. The van der Waals surface area contributed by atoms with Crippen molar-refractivity contribution >= 4 is 28.0 Å². The topological polar surface area (TPSA) is 33.2 Å². The van der Waals surface area contributed by atoms with Gasteiger partial charge in [0.1, 0.15) is 0 Å². The summed E-state index contributed by atoms with van der Waals surface area (Å²) in [5.74, 6) is 0.264. The highest BCUT2D eigenvalue weighted by Crippen LogP contribution is 2.26. The van der Waals surface area contributed by atoms with Crippen molar-refractivity contribution in [1.29, 1.82) is 0 Å². The van der Waals surface area contributed by atoms with Crippen molar-refractivity contribution in [3.8, 4) is 0 Å².